The lowest BCUT2D eigenvalue weighted by atomic mass is 10.1. The van der Waals surface area contributed by atoms with E-state index in [0.717, 1.165) is 22.5 Å². The van der Waals surface area contributed by atoms with Crippen LogP contribution in [-0.2, 0) is 17.9 Å². The van der Waals surface area contributed by atoms with Crippen molar-refractivity contribution in [2.24, 2.45) is 0 Å². The Morgan fingerprint density at radius 3 is 2.09 bits per heavy atom. The summed E-state index contributed by atoms with van der Waals surface area (Å²) in [7, 11) is 0. The van der Waals surface area contributed by atoms with Crippen LogP contribution in [0.4, 0.5) is 5.69 Å². The molecule has 4 aromatic rings. The van der Waals surface area contributed by atoms with Crippen molar-refractivity contribution in [3.05, 3.63) is 119 Å². The van der Waals surface area contributed by atoms with Gasteiger partial charge in [0.15, 0.2) is 0 Å². The van der Waals surface area contributed by atoms with Gasteiger partial charge in [0.25, 0.3) is 5.56 Å². The topological polar surface area (TPSA) is 55.2 Å². The van der Waals surface area contributed by atoms with Crippen LogP contribution >= 0.6 is 0 Å². The lowest BCUT2D eigenvalue weighted by molar-refractivity contribution is -0.118. The molecule has 0 aliphatic rings. The summed E-state index contributed by atoms with van der Waals surface area (Å²) in [4.78, 5) is 27.2. The summed E-state index contributed by atoms with van der Waals surface area (Å²) in [5, 5.41) is 4.49. The van der Waals surface area contributed by atoms with Crippen molar-refractivity contribution in [1.29, 1.82) is 0 Å². The maximum atomic E-state index is 13.1. The number of carbonyl (C=O) groups is 1. The van der Waals surface area contributed by atoms with Gasteiger partial charge in [0.05, 0.1) is 12.2 Å². The number of amides is 1. The third-order valence-corrected chi connectivity index (χ3v) is 5.25. The molecule has 32 heavy (non-hydrogen) atoms. The maximum Gasteiger partial charge on any atom is 0.266 e. The fourth-order valence-electron chi connectivity index (χ4n) is 3.58. The van der Waals surface area contributed by atoms with Crippen LogP contribution in [0.1, 0.15) is 18.4 Å². The fourth-order valence-corrected chi connectivity index (χ4v) is 3.58. The van der Waals surface area contributed by atoms with E-state index in [9.17, 15) is 9.59 Å². The van der Waals surface area contributed by atoms with Gasteiger partial charge in [-0.05, 0) is 30.2 Å². The van der Waals surface area contributed by atoms with Gasteiger partial charge in [-0.2, -0.15) is 5.10 Å². The maximum absolute atomic E-state index is 13.1. The Hall–Kier alpha value is -3.99. The van der Waals surface area contributed by atoms with Crippen molar-refractivity contribution < 1.29 is 4.79 Å². The summed E-state index contributed by atoms with van der Waals surface area (Å²) in [5.74, 6) is 0.0207. The Kier molecular flexibility index (Phi) is 6.88. The first-order valence-electron chi connectivity index (χ1n) is 10.7. The molecule has 0 unspecified atom stereocenters. The van der Waals surface area contributed by atoms with Crippen molar-refractivity contribution in [2.45, 2.75) is 25.9 Å². The average Bonchev–Trinajstić information content (AvgIpc) is 2.85. The number of carbonyl (C=O) groups excluding carboxylic acids is 1. The Balaban J connectivity index is 1.45. The third kappa shape index (κ3) is 5.38. The van der Waals surface area contributed by atoms with Crippen LogP contribution in [0.3, 0.4) is 0 Å². The van der Waals surface area contributed by atoms with Crippen LogP contribution in [0.2, 0.25) is 0 Å². The van der Waals surface area contributed by atoms with Gasteiger partial charge in [0.2, 0.25) is 5.91 Å². The van der Waals surface area contributed by atoms with Gasteiger partial charge in [-0.1, -0.05) is 78.9 Å². The Morgan fingerprint density at radius 2 is 1.41 bits per heavy atom. The molecule has 3 aromatic carbocycles. The molecule has 0 radical (unpaired) electrons. The van der Waals surface area contributed by atoms with E-state index in [1.165, 1.54) is 10.7 Å². The molecule has 0 fully saturated rings. The number of benzene rings is 3. The first-order chi connectivity index (χ1) is 15.7. The molecule has 0 spiro atoms. The SMILES string of the molecule is O=C(CCCn1nc(-c2ccccc2)ccc1=O)N(Cc1ccccc1)c1ccccc1. The molecule has 0 bridgehead atoms. The highest BCUT2D eigenvalue weighted by Gasteiger charge is 2.16. The van der Waals surface area contributed by atoms with E-state index in [1.807, 2.05) is 91.0 Å². The third-order valence-electron chi connectivity index (χ3n) is 5.25. The molecule has 5 heteroatoms. The second kappa shape index (κ2) is 10.4. The number of hydrogen-bond donors (Lipinski definition) is 0. The van der Waals surface area contributed by atoms with Crippen LogP contribution in [0, 0.1) is 0 Å². The van der Waals surface area contributed by atoms with Crippen molar-refractivity contribution >= 4 is 11.6 Å². The van der Waals surface area contributed by atoms with Gasteiger partial charge < -0.3 is 4.90 Å². The lowest BCUT2D eigenvalue weighted by Crippen LogP contribution is -2.31. The number of para-hydroxylation sites is 1. The first-order valence-corrected chi connectivity index (χ1v) is 10.7. The van der Waals surface area contributed by atoms with Crippen LogP contribution in [0.25, 0.3) is 11.3 Å². The second-order valence-electron chi connectivity index (χ2n) is 7.55. The van der Waals surface area contributed by atoms with Crippen LogP contribution in [0.5, 0.6) is 0 Å². The van der Waals surface area contributed by atoms with Crippen molar-refractivity contribution in [1.82, 2.24) is 9.78 Å². The summed E-state index contributed by atoms with van der Waals surface area (Å²) in [6.07, 6.45) is 0.855. The second-order valence-corrected chi connectivity index (χ2v) is 7.55. The Bertz CT molecular complexity index is 1210. The minimum absolute atomic E-state index is 0.0207. The van der Waals surface area contributed by atoms with Gasteiger partial charge >= 0.3 is 0 Å². The Morgan fingerprint density at radius 1 is 0.781 bits per heavy atom. The molecule has 0 aliphatic carbocycles. The molecule has 0 aliphatic heterocycles. The molecule has 1 aromatic heterocycles. The molecule has 5 nitrogen and oxygen atoms in total. The van der Waals surface area contributed by atoms with Gasteiger partial charge in [-0.15, -0.1) is 0 Å². The zero-order valence-corrected chi connectivity index (χ0v) is 17.8. The normalized spacial score (nSPS) is 10.6. The lowest BCUT2D eigenvalue weighted by Gasteiger charge is -2.23. The minimum Gasteiger partial charge on any atom is -0.308 e. The number of hydrogen-bond acceptors (Lipinski definition) is 3. The van der Waals surface area contributed by atoms with Crippen LogP contribution in [0.15, 0.2) is 108 Å². The highest BCUT2D eigenvalue weighted by molar-refractivity contribution is 5.93. The zero-order chi connectivity index (χ0) is 22.2. The fraction of sp³-hybridized carbons (Fsp3) is 0.148. The summed E-state index contributed by atoms with van der Waals surface area (Å²) in [6.45, 7) is 0.893. The van der Waals surface area contributed by atoms with E-state index in [0.29, 0.717) is 25.9 Å². The number of aryl methyl sites for hydroxylation is 1. The summed E-state index contributed by atoms with van der Waals surface area (Å²) < 4.78 is 1.44. The standard InChI is InChI=1S/C27H25N3O2/c31-26(29(24-15-8-3-9-16-24)21-22-11-4-1-5-12-22)17-10-20-30-27(32)19-18-25(28-30)23-13-6-2-7-14-23/h1-9,11-16,18-19H,10,17,20-21H2. The van der Waals surface area contributed by atoms with E-state index in [1.54, 1.807) is 11.0 Å². The van der Waals surface area contributed by atoms with E-state index in [2.05, 4.69) is 5.10 Å². The predicted octanol–water partition coefficient (Wildman–Crippen LogP) is 4.92. The largest absolute Gasteiger partial charge is 0.308 e. The molecule has 1 amide bonds. The molecule has 0 saturated heterocycles. The predicted molar refractivity (Wildman–Crippen MR) is 127 cm³/mol. The quantitative estimate of drug-likeness (QED) is 0.404. The van der Waals surface area contributed by atoms with Gasteiger partial charge in [0.1, 0.15) is 0 Å². The van der Waals surface area contributed by atoms with Crippen molar-refractivity contribution in [3.63, 3.8) is 0 Å². The molecule has 4 rings (SSSR count). The monoisotopic (exact) mass is 423 g/mol. The smallest absolute Gasteiger partial charge is 0.266 e. The van der Waals surface area contributed by atoms with Crippen LogP contribution < -0.4 is 10.5 Å². The summed E-state index contributed by atoms with van der Waals surface area (Å²) in [6, 6.07) is 32.6. The molecule has 1 heterocycles. The van der Waals surface area contributed by atoms with E-state index in [4.69, 9.17) is 0 Å². The number of anilines is 1. The number of nitrogens with zero attached hydrogens (tertiary/aromatic N) is 3. The van der Waals surface area contributed by atoms with Crippen molar-refractivity contribution in [2.75, 3.05) is 4.90 Å². The van der Waals surface area contributed by atoms with E-state index in [-0.39, 0.29) is 11.5 Å². The molecule has 0 N–H and O–H groups in total. The highest BCUT2D eigenvalue weighted by Crippen LogP contribution is 2.19. The van der Waals surface area contributed by atoms with E-state index >= 15 is 0 Å². The Labute approximate surface area is 187 Å². The summed E-state index contributed by atoms with van der Waals surface area (Å²) >= 11 is 0. The van der Waals surface area contributed by atoms with Crippen LogP contribution in [-0.4, -0.2) is 15.7 Å². The molecular formula is C27H25N3O2. The minimum atomic E-state index is -0.165. The molecule has 0 saturated carbocycles. The molecule has 0 atom stereocenters. The molecular weight excluding hydrogens is 398 g/mol. The van der Waals surface area contributed by atoms with Gasteiger partial charge in [-0.3, -0.25) is 9.59 Å². The van der Waals surface area contributed by atoms with Crippen molar-refractivity contribution in [3.8, 4) is 11.3 Å². The number of aromatic nitrogens is 2. The van der Waals surface area contributed by atoms with E-state index < -0.39 is 0 Å². The zero-order valence-electron chi connectivity index (χ0n) is 17.8. The number of rotatable bonds is 8. The van der Waals surface area contributed by atoms with Gasteiger partial charge in [-0.25, -0.2) is 4.68 Å². The first kappa shape index (κ1) is 21.2. The highest BCUT2D eigenvalue weighted by atomic mass is 16.2. The average molecular weight is 424 g/mol. The van der Waals surface area contributed by atoms with Gasteiger partial charge in [0, 0.05) is 30.3 Å². The molecule has 160 valence electrons. The summed E-state index contributed by atoms with van der Waals surface area (Å²) in [5.41, 5.74) is 3.46.